The Morgan fingerprint density at radius 3 is 2.94 bits per heavy atom. The number of nitrogens with two attached hydrogens (primary N) is 1. The van der Waals surface area contributed by atoms with Crippen molar-refractivity contribution in [1.82, 2.24) is 19.5 Å². The fourth-order valence-electron chi connectivity index (χ4n) is 1.65. The molecule has 3 N–H and O–H groups in total. The summed E-state index contributed by atoms with van der Waals surface area (Å²) in [4.78, 5) is 22.4. The van der Waals surface area contributed by atoms with Gasteiger partial charge in [0.2, 0.25) is 5.95 Å². The van der Waals surface area contributed by atoms with Gasteiger partial charge in [-0.3, -0.25) is 4.79 Å². The van der Waals surface area contributed by atoms with E-state index in [1.54, 1.807) is 10.9 Å². The lowest BCUT2D eigenvalue weighted by molar-refractivity contribution is -0.137. The van der Waals surface area contributed by atoms with E-state index >= 15 is 0 Å². The molecule has 0 radical (unpaired) electrons. The molecule has 2 aromatic rings. The van der Waals surface area contributed by atoms with E-state index in [-0.39, 0.29) is 17.5 Å². The summed E-state index contributed by atoms with van der Waals surface area (Å²) in [5.41, 5.74) is 6.60. The summed E-state index contributed by atoms with van der Waals surface area (Å²) in [6.45, 7) is 0.622. The molecule has 18 heavy (non-hydrogen) atoms. The van der Waals surface area contributed by atoms with Crippen molar-refractivity contribution < 1.29 is 9.90 Å². The number of nitrogens with zero attached hydrogens (tertiary/aromatic N) is 4. The van der Waals surface area contributed by atoms with Gasteiger partial charge < -0.3 is 15.4 Å². The topological polar surface area (TPSA) is 107 Å². The van der Waals surface area contributed by atoms with Crippen LogP contribution in [-0.2, 0) is 11.3 Å². The lowest BCUT2D eigenvalue weighted by Gasteiger charge is -2.03. The van der Waals surface area contributed by atoms with E-state index in [0.717, 1.165) is 6.42 Å². The summed E-state index contributed by atoms with van der Waals surface area (Å²) in [7, 11) is 0. The summed E-state index contributed by atoms with van der Waals surface area (Å²) < 4.78 is 1.79. The molecule has 96 valence electrons. The first kappa shape index (κ1) is 12.6. The Labute approximate surface area is 108 Å². The average Bonchev–Trinajstić information content (AvgIpc) is 2.67. The minimum Gasteiger partial charge on any atom is -0.481 e. The van der Waals surface area contributed by atoms with Gasteiger partial charge in [-0.2, -0.15) is 9.97 Å². The molecule has 8 heteroatoms. The summed E-state index contributed by atoms with van der Waals surface area (Å²) in [6, 6.07) is 0. The lowest BCUT2D eigenvalue weighted by Crippen LogP contribution is -2.02. The maximum Gasteiger partial charge on any atom is 0.303 e. The van der Waals surface area contributed by atoms with Gasteiger partial charge in [0.1, 0.15) is 5.52 Å². The van der Waals surface area contributed by atoms with E-state index in [9.17, 15) is 4.79 Å². The van der Waals surface area contributed by atoms with E-state index in [4.69, 9.17) is 22.4 Å². The minimum atomic E-state index is -0.792. The quantitative estimate of drug-likeness (QED) is 0.626. The number of unbranched alkanes of at least 4 members (excludes halogenated alkanes) is 1. The van der Waals surface area contributed by atoms with Gasteiger partial charge in [0.05, 0.1) is 6.33 Å². The van der Waals surface area contributed by atoms with E-state index < -0.39 is 5.97 Å². The van der Waals surface area contributed by atoms with E-state index in [2.05, 4.69) is 15.0 Å². The number of nitrogen functional groups attached to an aromatic ring is 1. The highest BCUT2D eigenvalue weighted by Gasteiger charge is 2.10. The molecule has 0 aliphatic carbocycles. The summed E-state index contributed by atoms with van der Waals surface area (Å²) in [5, 5.41) is 8.77. The number of hydrogen-bond donors (Lipinski definition) is 2. The maximum atomic E-state index is 10.4. The Kier molecular flexibility index (Phi) is 3.61. The number of carboxylic acids is 1. The van der Waals surface area contributed by atoms with Crippen molar-refractivity contribution in [1.29, 1.82) is 0 Å². The number of anilines is 1. The van der Waals surface area contributed by atoms with Crippen LogP contribution in [0.1, 0.15) is 19.3 Å². The standard InChI is InChI=1S/C10H12ClN5O2/c11-8-7-9(15-10(12)14-8)16(5-13-7)4-2-1-3-6(17)18/h5H,1-4H2,(H,17,18)(H2,12,14,15). The van der Waals surface area contributed by atoms with Gasteiger partial charge in [-0.15, -0.1) is 0 Å². The zero-order valence-corrected chi connectivity index (χ0v) is 10.3. The van der Waals surface area contributed by atoms with Crippen LogP contribution in [0.3, 0.4) is 0 Å². The molecule has 0 aliphatic rings. The predicted octanol–water partition coefficient (Wildman–Crippen LogP) is 1.32. The highest BCUT2D eigenvalue weighted by Crippen LogP contribution is 2.19. The molecule has 0 saturated carbocycles. The largest absolute Gasteiger partial charge is 0.481 e. The van der Waals surface area contributed by atoms with Crippen LogP contribution in [0.2, 0.25) is 5.15 Å². The van der Waals surface area contributed by atoms with Gasteiger partial charge in [0, 0.05) is 13.0 Å². The van der Waals surface area contributed by atoms with Crippen molar-refractivity contribution >= 4 is 34.7 Å². The number of hydrogen-bond acceptors (Lipinski definition) is 5. The molecule has 0 bridgehead atoms. The minimum absolute atomic E-state index is 0.0970. The number of rotatable bonds is 5. The molecule has 0 fully saturated rings. The number of aromatic nitrogens is 4. The van der Waals surface area contributed by atoms with Crippen LogP contribution in [0.5, 0.6) is 0 Å². The van der Waals surface area contributed by atoms with Crippen LogP contribution < -0.4 is 5.73 Å². The number of carboxylic acid groups (broad SMARTS) is 1. The second kappa shape index (κ2) is 5.18. The normalized spacial score (nSPS) is 10.9. The fraction of sp³-hybridized carbons (Fsp3) is 0.400. The Balaban J connectivity index is 2.12. The predicted molar refractivity (Wildman–Crippen MR) is 66.2 cm³/mol. The van der Waals surface area contributed by atoms with Crippen LogP contribution in [0.4, 0.5) is 5.95 Å². The van der Waals surface area contributed by atoms with Crippen molar-refractivity contribution in [3.05, 3.63) is 11.5 Å². The number of halogens is 1. The van der Waals surface area contributed by atoms with Crippen LogP contribution in [0, 0.1) is 0 Å². The number of imidazole rings is 1. The first-order chi connectivity index (χ1) is 8.58. The van der Waals surface area contributed by atoms with Gasteiger partial charge >= 0.3 is 5.97 Å². The summed E-state index contributed by atoms with van der Waals surface area (Å²) in [5.74, 6) is -0.695. The zero-order chi connectivity index (χ0) is 13.1. The van der Waals surface area contributed by atoms with Gasteiger partial charge in [-0.1, -0.05) is 11.6 Å². The third-order valence-electron chi connectivity index (χ3n) is 2.48. The maximum absolute atomic E-state index is 10.4. The number of aliphatic carboxylic acids is 1. The molecule has 0 atom stereocenters. The third-order valence-corrected chi connectivity index (χ3v) is 2.74. The number of carbonyl (C=O) groups is 1. The molecule has 0 unspecified atom stereocenters. The zero-order valence-electron chi connectivity index (χ0n) is 9.51. The van der Waals surface area contributed by atoms with E-state index in [1.807, 2.05) is 0 Å². The first-order valence-electron chi connectivity index (χ1n) is 5.43. The fourth-order valence-corrected chi connectivity index (χ4v) is 1.87. The smallest absolute Gasteiger partial charge is 0.303 e. The van der Waals surface area contributed by atoms with E-state index in [1.165, 1.54) is 0 Å². The highest BCUT2D eigenvalue weighted by atomic mass is 35.5. The Morgan fingerprint density at radius 1 is 1.44 bits per heavy atom. The van der Waals surface area contributed by atoms with Crippen molar-refractivity contribution in [2.24, 2.45) is 0 Å². The molecule has 2 rings (SSSR count). The Hall–Kier alpha value is -1.89. The molecule has 0 amide bonds. The van der Waals surface area contributed by atoms with E-state index in [0.29, 0.717) is 24.1 Å². The Bertz CT molecular complexity index is 583. The molecule has 0 aliphatic heterocycles. The molecule has 2 heterocycles. The molecular weight excluding hydrogens is 258 g/mol. The van der Waals surface area contributed by atoms with Crippen molar-refractivity contribution in [3.63, 3.8) is 0 Å². The van der Waals surface area contributed by atoms with Crippen LogP contribution in [0.25, 0.3) is 11.2 Å². The summed E-state index contributed by atoms with van der Waals surface area (Å²) >= 11 is 5.89. The van der Waals surface area contributed by atoms with Crippen LogP contribution in [-0.4, -0.2) is 30.6 Å². The van der Waals surface area contributed by atoms with Crippen molar-refractivity contribution in [3.8, 4) is 0 Å². The second-order valence-electron chi connectivity index (χ2n) is 3.83. The van der Waals surface area contributed by atoms with Gasteiger partial charge in [0.15, 0.2) is 10.8 Å². The van der Waals surface area contributed by atoms with Gasteiger partial charge in [0.25, 0.3) is 0 Å². The van der Waals surface area contributed by atoms with Crippen LogP contribution in [0.15, 0.2) is 6.33 Å². The van der Waals surface area contributed by atoms with Gasteiger partial charge in [-0.25, -0.2) is 4.98 Å². The SMILES string of the molecule is Nc1nc(Cl)c2ncn(CCCCC(=O)O)c2n1. The monoisotopic (exact) mass is 269 g/mol. The molecule has 7 nitrogen and oxygen atoms in total. The number of aryl methyl sites for hydroxylation is 1. The highest BCUT2D eigenvalue weighted by molar-refractivity contribution is 6.33. The van der Waals surface area contributed by atoms with Crippen LogP contribution >= 0.6 is 11.6 Å². The summed E-state index contributed by atoms with van der Waals surface area (Å²) in [6.07, 6.45) is 3.08. The molecule has 0 saturated heterocycles. The van der Waals surface area contributed by atoms with Crippen molar-refractivity contribution in [2.75, 3.05) is 5.73 Å². The number of fused-ring (bicyclic) bond motifs is 1. The average molecular weight is 270 g/mol. The second-order valence-corrected chi connectivity index (χ2v) is 4.19. The molecule has 0 aromatic carbocycles. The molecular formula is C10H12ClN5O2. The van der Waals surface area contributed by atoms with Crippen molar-refractivity contribution in [2.45, 2.75) is 25.8 Å². The lowest BCUT2D eigenvalue weighted by atomic mass is 10.2. The van der Waals surface area contributed by atoms with Gasteiger partial charge in [-0.05, 0) is 12.8 Å². The Morgan fingerprint density at radius 2 is 2.22 bits per heavy atom. The first-order valence-corrected chi connectivity index (χ1v) is 5.81. The molecule has 2 aromatic heterocycles. The third kappa shape index (κ3) is 2.67. The molecule has 0 spiro atoms.